The minimum Gasteiger partial charge on any atom is -0.479 e. The summed E-state index contributed by atoms with van der Waals surface area (Å²) in [5.74, 6) is 0.486. The number of ether oxygens (including phenoxy) is 1. The van der Waals surface area contributed by atoms with E-state index in [1.807, 2.05) is 27.7 Å². The summed E-state index contributed by atoms with van der Waals surface area (Å²) in [7, 11) is 0. The molecule has 0 bridgehead atoms. The molecule has 1 heterocycles. The number of nitrogens with one attached hydrogen (secondary N) is 2. The van der Waals surface area contributed by atoms with E-state index < -0.39 is 6.10 Å². The molecule has 1 atom stereocenters. The predicted octanol–water partition coefficient (Wildman–Crippen LogP) is 2.87. The van der Waals surface area contributed by atoms with E-state index in [1.54, 1.807) is 0 Å². The second-order valence-corrected chi connectivity index (χ2v) is 6.86. The molecule has 4 N–H and O–H groups in total. The summed E-state index contributed by atoms with van der Waals surface area (Å²) < 4.78 is 6.03. The summed E-state index contributed by atoms with van der Waals surface area (Å²) >= 11 is 6.43. The zero-order chi connectivity index (χ0) is 17.9. The summed E-state index contributed by atoms with van der Waals surface area (Å²) in [5, 5.41) is 6.88. The van der Waals surface area contributed by atoms with Gasteiger partial charge in [0.2, 0.25) is 0 Å². The molecular weight excluding hydrogens is 326 g/mol. The van der Waals surface area contributed by atoms with Crippen molar-refractivity contribution in [3.05, 3.63) is 21.7 Å². The molecule has 0 spiro atoms. The number of hydrogen-bond acceptors (Lipinski definition) is 4. The van der Waals surface area contributed by atoms with Gasteiger partial charge in [-0.1, -0.05) is 18.5 Å². The lowest BCUT2D eigenvalue weighted by Gasteiger charge is -2.27. The van der Waals surface area contributed by atoms with Gasteiger partial charge in [0.1, 0.15) is 5.75 Å². The smallest absolute Gasteiger partial charge is 0.261 e. The highest BCUT2D eigenvalue weighted by Crippen LogP contribution is 2.39. The van der Waals surface area contributed by atoms with Gasteiger partial charge in [0.15, 0.2) is 6.10 Å². The van der Waals surface area contributed by atoms with Gasteiger partial charge in [-0.2, -0.15) is 0 Å². The third-order valence-corrected chi connectivity index (χ3v) is 5.30. The molecule has 1 aromatic carbocycles. The summed E-state index contributed by atoms with van der Waals surface area (Å²) in [6.07, 6.45) is 1.91. The Labute approximate surface area is 149 Å². The van der Waals surface area contributed by atoms with Gasteiger partial charge in [-0.25, -0.2) is 0 Å². The van der Waals surface area contributed by atoms with Crippen molar-refractivity contribution in [3.8, 4) is 5.75 Å². The number of carbonyl (C=O) groups is 1. The lowest BCUT2D eigenvalue weighted by atomic mass is 10.0. The quantitative estimate of drug-likeness (QED) is 0.711. The fourth-order valence-electron chi connectivity index (χ4n) is 2.97. The maximum atomic E-state index is 12.6. The van der Waals surface area contributed by atoms with Gasteiger partial charge >= 0.3 is 0 Å². The number of hydrogen-bond donors (Lipinski definition) is 3. The number of nitrogens with two attached hydrogens (primary N) is 1. The molecule has 1 aliphatic rings. The van der Waals surface area contributed by atoms with Crippen LogP contribution < -0.4 is 21.1 Å². The predicted molar refractivity (Wildman–Crippen MR) is 98.8 cm³/mol. The van der Waals surface area contributed by atoms with Gasteiger partial charge in [-0.05, 0) is 69.8 Å². The number of anilines is 1. The minimum absolute atomic E-state index is 0.0769. The van der Waals surface area contributed by atoms with Gasteiger partial charge in [0.05, 0.1) is 5.02 Å². The molecule has 24 heavy (non-hydrogen) atoms. The number of benzene rings is 1. The monoisotopic (exact) mass is 353 g/mol. The van der Waals surface area contributed by atoms with E-state index in [1.165, 1.54) is 0 Å². The zero-order valence-electron chi connectivity index (χ0n) is 15.0. The SMILES string of the molecule is CCC(Oc1c(C)c(C)c(N)c(C)c1Cl)C(=O)NC1CCNCC1. The largest absolute Gasteiger partial charge is 0.479 e. The Morgan fingerprint density at radius 2 is 1.92 bits per heavy atom. The number of piperidine rings is 1. The van der Waals surface area contributed by atoms with Crippen LogP contribution in [0.5, 0.6) is 5.75 Å². The van der Waals surface area contributed by atoms with Crippen LogP contribution in [-0.2, 0) is 4.79 Å². The highest BCUT2D eigenvalue weighted by Gasteiger charge is 2.25. The van der Waals surface area contributed by atoms with Crippen molar-refractivity contribution in [2.24, 2.45) is 0 Å². The Morgan fingerprint density at radius 1 is 1.29 bits per heavy atom. The average molecular weight is 354 g/mol. The summed E-state index contributed by atoms with van der Waals surface area (Å²) in [6.45, 7) is 9.54. The van der Waals surface area contributed by atoms with Crippen molar-refractivity contribution in [2.75, 3.05) is 18.8 Å². The molecule has 2 rings (SSSR count). The number of amides is 1. The van der Waals surface area contributed by atoms with Gasteiger partial charge < -0.3 is 21.1 Å². The molecule has 0 aromatic heterocycles. The van der Waals surface area contributed by atoms with Crippen molar-refractivity contribution in [3.63, 3.8) is 0 Å². The van der Waals surface area contributed by atoms with Crippen molar-refractivity contribution < 1.29 is 9.53 Å². The summed E-state index contributed by atoms with van der Waals surface area (Å²) in [5.41, 5.74) is 9.38. The molecule has 0 aliphatic carbocycles. The van der Waals surface area contributed by atoms with Crippen molar-refractivity contribution in [1.82, 2.24) is 10.6 Å². The van der Waals surface area contributed by atoms with Crippen LogP contribution in [0.1, 0.15) is 42.9 Å². The van der Waals surface area contributed by atoms with Crippen molar-refractivity contribution in [2.45, 2.75) is 59.1 Å². The third kappa shape index (κ3) is 3.95. The highest BCUT2D eigenvalue weighted by molar-refractivity contribution is 6.33. The van der Waals surface area contributed by atoms with Crippen LogP contribution in [0, 0.1) is 20.8 Å². The molecule has 1 aromatic rings. The Kier molecular flexibility index (Phi) is 6.35. The first-order valence-electron chi connectivity index (χ1n) is 8.59. The molecule has 6 heteroatoms. The lowest BCUT2D eigenvalue weighted by molar-refractivity contribution is -0.129. The van der Waals surface area contributed by atoms with E-state index in [2.05, 4.69) is 10.6 Å². The Balaban J connectivity index is 2.16. The van der Waals surface area contributed by atoms with Gasteiger partial charge in [-0.15, -0.1) is 0 Å². The maximum Gasteiger partial charge on any atom is 0.261 e. The third-order valence-electron chi connectivity index (χ3n) is 4.85. The first-order chi connectivity index (χ1) is 11.4. The number of nitrogen functional groups attached to an aromatic ring is 1. The lowest BCUT2D eigenvalue weighted by Crippen LogP contribution is -2.47. The Morgan fingerprint density at radius 3 is 2.50 bits per heavy atom. The summed E-state index contributed by atoms with van der Waals surface area (Å²) in [6, 6.07) is 0.211. The number of halogens is 1. The molecule has 0 radical (unpaired) electrons. The van der Waals surface area contributed by atoms with E-state index in [4.69, 9.17) is 22.1 Å². The van der Waals surface area contributed by atoms with Crippen LogP contribution in [0.4, 0.5) is 5.69 Å². The molecule has 0 saturated carbocycles. The molecule has 1 aliphatic heterocycles. The molecular formula is C18H28ClN3O2. The molecule has 134 valence electrons. The normalized spacial score (nSPS) is 16.7. The average Bonchev–Trinajstić information content (AvgIpc) is 2.59. The maximum absolute atomic E-state index is 12.6. The van der Waals surface area contributed by atoms with Crippen LogP contribution in [0.25, 0.3) is 0 Å². The first kappa shape index (κ1) is 18.9. The van der Waals surface area contributed by atoms with E-state index >= 15 is 0 Å². The van der Waals surface area contributed by atoms with Gasteiger partial charge in [0.25, 0.3) is 5.91 Å². The van der Waals surface area contributed by atoms with Crippen LogP contribution in [0.3, 0.4) is 0 Å². The van der Waals surface area contributed by atoms with Crippen molar-refractivity contribution >= 4 is 23.2 Å². The van der Waals surface area contributed by atoms with Crippen molar-refractivity contribution in [1.29, 1.82) is 0 Å². The second kappa shape index (κ2) is 8.08. The van der Waals surface area contributed by atoms with E-state index in [0.717, 1.165) is 42.6 Å². The fourth-order valence-corrected chi connectivity index (χ4v) is 3.26. The molecule has 5 nitrogen and oxygen atoms in total. The summed E-state index contributed by atoms with van der Waals surface area (Å²) in [4.78, 5) is 12.6. The Hall–Kier alpha value is -1.46. The molecule has 1 fully saturated rings. The fraction of sp³-hybridized carbons (Fsp3) is 0.611. The second-order valence-electron chi connectivity index (χ2n) is 6.48. The molecule has 1 unspecified atom stereocenters. The van der Waals surface area contributed by atoms with E-state index in [9.17, 15) is 4.79 Å². The van der Waals surface area contributed by atoms with Gasteiger partial charge in [-0.3, -0.25) is 4.79 Å². The zero-order valence-corrected chi connectivity index (χ0v) is 15.7. The highest BCUT2D eigenvalue weighted by atomic mass is 35.5. The minimum atomic E-state index is -0.557. The molecule has 1 amide bonds. The number of carbonyl (C=O) groups excluding carboxylic acids is 1. The van der Waals surface area contributed by atoms with E-state index in [0.29, 0.717) is 22.9 Å². The number of rotatable bonds is 5. The topological polar surface area (TPSA) is 76.4 Å². The van der Waals surface area contributed by atoms with Crippen LogP contribution in [0.15, 0.2) is 0 Å². The van der Waals surface area contributed by atoms with E-state index in [-0.39, 0.29) is 11.9 Å². The molecule has 1 saturated heterocycles. The standard InChI is InChI=1S/C18H28ClN3O2/c1-5-14(18(23)22-13-6-8-21-9-7-13)24-17-11(3)10(2)16(20)12(4)15(17)19/h13-14,21H,5-9,20H2,1-4H3,(H,22,23). The first-order valence-corrected chi connectivity index (χ1v) is 8.97. The van der Waals surface area contributed by atoms with Crippen LogP contribution in [-0.4, -0.2) is 31.1 Å². The Bertz CT molecular complexity index is 584. The van der Waals surface area contributed by atoms with Crippen LogP contribution >= 0.6 is 11.6 Å². The van der Waals surface area contributed by atoms with Crippen LogP contribution in [0.2, 0.25) is 5.02 Å². The van der Waals surface area contributed by atoms with Gasteiger partial charge in [0, 0.05) is 11.7 Å².